The lowest BCUT2D eigenvalue weighted by Gasteiger charge is -2.36. The number of carbonyl (C=O) groups excluding carboxylic acids is 1. The summed E-state index contributed by atoms with van der Waals surface area (Å²) in [5, 5.41) is 2.92. The van der Waals surface area contributed by atoms with Crippen LogP contribution in [0.1, 0.15) is 30.6 Å². The molecule has 1 aliphatic rings. The third-order valence-electron chi connectivity index (χ3n) is 5.25. The molecule has 1 fully saturated rings. The van der Waals surface area contributed by atoms with Crippen molar-refractivity contribution in [2.75, 3.05) is 44.2 Å². The van der Waals surface area contributed by atoms with Crippen molar-refractivity contribution in [2.24, 2.45) is 0 Å². The van der Waals surface area contributed by atoms with Crippen molar-refractivity contribution in [3.05, 3.63) is 60.2 Å². The molecule has 0 unspecified atom stereocenters. The zero-order valence-electron chi connectivity index (χ0n) is 18.3. The number of hydrogen-bond donors (Lipinski definition) is 2. The van der Waals surface area contributed by atoms with Crippen molar-refractivity contribution >= 4 is 21.6 Å². The number of amides is 1. The average Bonchev–Trinajstić information content (AvgIpc) is 2.77. The van der Waals surface area contributed by atoms with Gasteiger partial charge < -0.3 is 10.2 Å². The van der Waals surface area contributed by atoms with Crippen LogP contribution in [-0.2, 0) is 10.0 Å². The molecule has 0 bridgehead atoms. The number of carbonyl (C=O) groups is 1. The van der Waals surface area contributed by atoms with E-state index in [0.29, 0.717) is 12.1 Å². The maximum Gasteiger partial charge on any atom is 0.251 e. The first-order valence-electron chi connectivity index (χ1n) is 10.8. The van der Waals surface area contributed by atoms with Gasteiger partial charge in [-0.3, -0.25) is 9.69 Å². The molecule has 0 aliphatic carbocycles. The number of piperazine rings is 1. The lowest BCUT2D eigenvalue weighted by atomic mass is 10.2. The molecule has 0 spiro atoms. The van der Waals surface area contributed by atoms with Gasteiger partial charge in [0.25, 0.3) is 5.91 Å². The minimum Gasteiger partial charge on any atom is -0.369 e. The Morgan fingerprint density at radius 2 is 1.61 bits per heavy atom. The Morgan fingerprint density at radius 3 is 2.23 bits per heavy atom. The van der Waals surface area contributed by atoms with Gasteiger partial charge in [-0.25, -0.2) is 13.1 Å². The fourth-order valence-corrected chi connectivity index (χ4v) is 4.89. The molecule has 2 N–H and O–H groups in total. The average molecular weight is 445 g/mol. The minimum absolute atomic E-state index is 0.160. The van der Waals surface area contributed by atoms with Gasteiger partial charge in [0.05, 0.1) is 4.90 Å². The lowest BCUT2D eigenvalue weighted by molar-refractivity contribution is 0.0951. The number of rotatable bonds is 9. The van der Waals surface area contributed by atoms with Crippen molar-refractivity contribution in [1.82, 2.24) is 14.9 Å². The third-order valence-corrected chi connectivity index (χ3v) is 6.92. The van der Waals surface area contributed by atoms with Crippen molar-refractivity contribution in [1.29, 1.82) is 0 Å². The van der Waals surface area contributed by atoms with Crippen LogP contribution in [0.4, 0.5) is 5.69 Å². The quantitative estimate of drug-likeness (QED) is 0.580. The SMILES string of the molecule is CC(C)NS(=O)(=O)c1ccc(C(=O)NCCCN2CCN(c3ccccc3)CC2)cc1. The highest BCUT2D eigenvalue weighted by Crippen LogP contribution is 2.15. The van der Waals surface area contributed by atoms with Gasteiger partial charge in [0.2, 0.25) is 10.0 Å². The minimum atomic E-state index is -3.55. The standard InChI is InChI=1S/C23H32N4O3S/c1-19(2)25-31(29,30)22-11-9-20(10-12-22)23(28)24-13-6-14-26-15-17-27(18-16-26)21-7-4-3-5-8-21/h3-5,7-12,19,25H,6,13-18H2,1-2H3,(H,24,28). The fraction of sp³-hybridized carbons (Fsp3) is 0.435. The second-order valence-corrected chi connectivity index (χ2v) is 9.79. The monoisotopic (exact) mass is 444 g/mol. The molecule has 7 nitrogen and oxygen atoms in total. The summed E-state index contributed by atoms with van der Waals surface area (Å²) in [6.07, 6.45) is 0.877. The molecule has 0 atom stereocenters. The summed E-state index contributed by atoms with van der Waals surface area (Å²) in [6, 6.07) is 16.3. The molecule has 168 valence electrons. The van der Waals surface area contributed by atoms with Crippen LogP contribution >= 0.6 is 0 Å². The summed E-state index contributed by atoms with van der Waals surface area (Å²) in [6.45, 7) is 9.12. The van der Waals surface area contributed by atoms with E-state index in [1.807, 2.05) is 6.07 Å². The van der Waals surface area contributed by atoms with E-state index >= 15 is 0 Å². The van der Waals surface area contributed by atoms with Crippen LogP contribution in [0.25, 0.3) is 0 Å². The van der Waals surface area contributed by atoms with E-state index in [1.165, 1.54) is 17.8 Å². The first kappa shape index (κ1) is 23.2. The van der Waals surface area contributed by atoms with Crippen molar-refractivity contribution in [2.45, 2.75) is 31.2 Å². The van der Waals surface area contributed by atoms with Gasteiger partial charge in [-0.1, -0.05) is 18.2 Å². The topological polar surface area (TPSA) is 81.7 Å². The van der Waals surface area contributed by atoms with Crippen molar-refractivity contribution < 1.29 is 13.2 Å². The maximum absolute atomic E-state index is 12.3. The van der Waals surface area contributed by atoms with E-state index in [-0.39, 0.29) is 16.8 Å². The Hall–Kier alpha value is -2.42. The van der Waals surface area contributed by atoms with Gasteiger partial charge in [0, 0.05) is 50.0 Å². The summed E-state index contributed by atoms with van der Waals surface area (Å²) in [5.74, 6) is -0.185. The Labute approximate surface area is 185 Å². The molecule has 0 radical (unpaired) electrons. The Balaban J connectivity index is 1.38. The highest BCUT2D eigenvalue weighted by molar-refractivity contribution is 7.89. The molecule has 1 amide bonds. The molecule has 2 aromatic rings. The van der Waals surface area contributed by atoms with Crippen LogP contribution in [0.3, 0.4) is 0 Å². The van der Waals surface area contributed by atoms with E-state index in [0.717, 1.165) is 39.1 Å². The van der Waals surface area contributed by atoms with Crippen molar-refractivity contribution in [3.63, 3.8) is 0 Å². The van der Waals surface area contributed by atoms with Gasteiger partial charge in [0.1, 0.15) is 0 Å². The second-order valence-electron chi connectivity index (χ2n) is 8.07. The highest BCUT2D eigenvalue weighted by Gasteiger charge is 2.17. The number of para-hydroxylation sites is 1. The van der Waals surface area contributed by atoms with E-state index in [1.54, 1.807) is 26.0 Å². The number of benzene rings is 2. The molecule has 3 rings (SSSR count). The van der Waals surface area contributed by atoms with E-state index in [9.17, 15) is 13.2 Å². The summed E-state index contributed by atoms with van der Waals surface area (Å²) >= 11 is 0. The zero-order valence-corrected chi connectivity index (χ0v) is 19.1. The van der Waals surface area contributed by atoms with Gasteiger partial charge in [0.15, 0.2) is 0 Å². The molecule has 8 heteroatoms. The number of nitrogens with zero attached hydrogens (tertiary/aromatic N) is 2. The molecule has 0 aromatic heterocycles. The van der Waals surface area contributed by atoms with Crippen LogP contribution in [0.2, 0.25) is 0 Å². The summed E-state index contributed by atoms with van der Waals surface area (Å²) in [4.78, 5) is 17.3. The second kappa shape index (κ2) is 10.7. The number of sulfonamides is 1. The number of hydrogen-bond acceptors (Lipinski definition) is 5. The molecule has 0 saturated carbocycles. The van der Waals surface area contributed by atoms with E-state index < -0.39 is 10.0 Å². The van der Waals surface area contributed by atoms with E-state index in [2.05, 4.69) is 44.1 Å². The largest absolute Gasteiger partial charge is 0.369 e. The van der Waals surface area contributed by atoms with Crippen LogP contribution in [0.5, 0.6) is 0 Å². The van der Waals surface area contributed by atoms with E-state index in [4.69, 9.17) is 0 Å². The molecule has 2 aromatic carbocycles. The van der Waals surface area contributed by atoms with Crippen LogP contribution in [-0.4, -0.2) is 64.5 Å². The zero-order chi connectivity index (χ0) is 22.3. The maximum atomic E-state index is 12.3. The molecule has 1 heterocycles. The highest BCUT2D eigenvalue weighted by atomic mass is 32.2. The first-order chi connectivity index (χ1) is 14.8. The van der Waals surface area contributed by atoms with Crippen molar-refractivity contribution in [3.8, 4) is 0 Å². The molecule has 1 saturated heterocycles. The predicted molar refractivity (Wildman–Crippen MR) is 124 cm³/mol. The van der Waals surface area contributed by atoms with Crippen LogP contribution in [0, 0.1) is 0 Å². The predicted octanol–water partition coefficient (Wildman–Crippen LogP) is 2.32. The first-order valence-corrected chi connectivity index (χ1v) is 12.3. The Kier molecular flexibility index (Phi) is 8.06. The molecular formula is C23H32N4O3S. The van der Waals surface area contributed by atoms with Gasteiger partial charge in [-0.05, 0) is 63.2 Å². The summed E-state index contributed by atoms with van der Waals surface area (Å²) in [5.41, 5.74) is 1.73. The van der Waals surface area contributed by atoms with Gasteiger partial charge >= 0.3 is 0 Å². The molecular weight excluding hydrogens is 412 g/mol. The number of anilines is 1. The summed E-state index contributed by atoms with van der Waals surface area (Å²) in [7, 11) is -3.55. The molecule has 1 aliphatic heterocycles. The fourth-order valence-electron chi connectivity index (χ4n) is 3.64. The van der Waals surface area contributed by atoms with Crippen LogP contribution in [0.15, 0.2) is 59.5 Å². The smallest absolute Gasteiger partial charge is 0.251 e. The lowest BCUT2D eigenvalue weighted by Crippen LogP contribution is -2.47. The Bertz CT molecular complexity index is 939. The summed E-state index contributed by atoms with van der Waals surface area (Å²) < 4.78 is 26.9. The Morgan fingerprint density at radius 1 is 0.968 bits per heavy atom. The third kappa shape index (κ3) is 6.78. The number of nitrogens with one attached hydrogen (secondary N) is 2. The van der Waals surface area contributed by atoms with Gasteiger partial charge in [-0.2, -0.15) is 0 Å². The van der Waals surface area contributed by atoms with Gasteiger partial charge in [-0.15, -0.1) is 0 Å². The molecule has 31 heavy (non-hydrogen) atoms. The van der Waals surface area contributed by atoms with Crippen LogP contribution < -0.4 is 14.9 Å². The normalized spacial score (nSPS) is 15.3.